The van der Waals surface area contributed by atoms with Crippen molar-refractivity contribution < 1.29 is 9.53 Å². The van der Waals surface area contributed by atoms with E-state index in [-0.39, 0.29) is 5.91 Å². The zero-order valence-corrected chi connectivity index (χ0v) is 15.8. The van der Waals surface area contributed by atoms with Crippen molar-refractivity contribution in [2.45, 2.75) is 45.1 Å². The minimum atomic E-state index is 0.00518. The van der Waals surface area contributed by atoms with Crippen LogP contribution in [0.15, 0.2) is 18.2 Å². The lowest BCUT2D eigenvalue weighted by molar-refractivity contribution is 0.0575. The summed E-state index contributed by atoms with van der Waals surface area (Å²) in [5.41, 5.74) is 2.63. The number of carbonyl (C=O) groups excluding carboxylic acids is 1. The molecule has 0 spiro atoms. The molecule has 2 aliphatic heterocycles. The van der Waals surface area contributed by atoms with Gasteiger partial charge in [-0.3, -0.25) is 4.79 Å². The maximum absolute atomic E-state index is 12.8. The summed E-state index contributed by atoms with van der Waals surface area (Å²) >= 11 is 0. The van der Waals surface area contributed by atoms with Crippen molar-refractivity contribution in [2.24, 2.45) is 5.92 Å². The highest BCUT2D eigenvalue weighted by Gasteiger charge is 2.33. The lowest BCUT2D eigenvalue weighted by Gasteiger charge is -2.44. The highest BCUT2D eigenvalue weighted by atomic mass is 16.5. The summed E-state index contributed by atoms with van der Waals surface area (Å²) in [5.74, 6) is 1.40. The van der Waals surface area contributed by atoms with Gasteiger partial charge in [-0.25, -0.2) is 0 Å². The quantitative estimate of drug-likeness (QED) is 0.883. The van der Waals surface area contributed by atoms with Crippen LogP contribution in [0.2, 0.25) is 0 Å². The van der Waals surface area contributed by atoms with Gasteiger partial charge in [0, 0.05) is 23.5 Å². The Balaban J connectivity index is 1.46. The van der Waals surface area contributed by atoms with Crippen molar-refractivity contribution in [3.63, 3.8) is 0 Å². The lowest BCUT2D eigenvalue weighted by Crippen LogP contribution is -2.51. The molecule has 0 bridgehead atoms. The molecule has 5 heteroatoms. The first-order chi connectivity index (χ1) is 12.7. The molecular formula is C21H29N3O2. The smallest absolute Gasteiger partial charge is 0.268 e. The number of piperidine rings is 2. The number of aromatic nitrogens is 1. The van der Waals surface area contributed by atoms with Gasteiger partial charge in [-0.05, 0) is 75.4 Å². The van der Waals surface area contributed by atoms with Crippen LogP contribution in [0.4, 0.5) is 0 Å². The number of aryl methyl sites for hydroxylation is 1. The number of carbonyl (C=O) groups is 1. The minimum Gasteiger partial charge on any atom is -0.497 e. The summed E-state index contributed by atoms with van der Waals surface area (Å²) in [4.78, 5) is 18.7. The van der Waals surface area contributed by atoms with E-state index in [1.165, 1.54) is 45.2 Å². The van der Waals surface area contributed by atoms with E-state index in [1.807, 2.05) is 25.1 Å². The van der Waals surface area contributed by atoms with E-state index in [1.54, 1.807) is 7.11 Å². The van der Waals surface area contributed by atoms with E-state index in [2.05, 4.69) is 15.2 Å². The molecule has 0 aliphatic carbocycles. The Kier molecular flexibility index (Phi) is 4.90. The molecule has 26 heavy (non-hydrogen) atoms. The number of ether oxygens (including phenoxy) is 1. The predicted octanol–water partition coefficient (Wildman–Crippen LogP) is 3.48. The van der Waals surface area contributed by atoms with Gasteiger partial charge in [-0.2, -0.15) is 0 Å². The highest BCUT2D eigenvalue weighted by Crippen LogP contribution is 2.31. The largest absolute Gasteiger partial charge is 0.497 e. The zero-order chi connectivity index (χ0) is 18.1. The molecule has 0 unspecified atom stereocenters. The van der Waals surface area contributed by atoms with E-state index < -0.39 is 0 Å². The van der Waals surface area contributed by atoms with E-state index in [9.17, 15) is 4.79 Å². The zero-order valence-electron chi connectivity index (χ0n) is 15.8. The van der Waals surface area contributed by atoms with Gasteiger partial charge in [0.15, 0.2) is 0 Å². The van der Waals surface area contributed by atoms with Gasteiger partial charge in [-0.15, -0.1) is 0 Å². The van der Waals surface area contributed by atoms with Gasteiger partial charge in [0.2, 0.25) is 0 Å². The molecule has 2 saturated heterocycles. The van der Waals surface area contributed by atoms with Crippen molar-refractivity contribution in [3.8, 4) is 5.75 Å². The average Bonchev–Trinajstić information content (AvgIpc) is 3.02. The molecule has 2 fully saturated rings. The maximum atomic E-state index is 12.8. The number of benzene rings is 1. The molecule has 4 rings (SSSR count). The molecule has 0 radical (unpaired) electrons. The SMILES string of the molecule is COc1ccc2[nH]c(C(=O)NC[C@@H]3CCCN4CCCC[C@@H]34)c(C)c2c1. The van der Waals surface area contributed by atoms with Crippen LogP contribution in [-0.4, -0.2) is 48.6 Å². The van der Waals surface area contributed by atoms with Crippen LogP contribution in [0.1, 0.15) is 48.2 Å². The van der Waals surface area contributed by atoms with Crippen molar-refractivity contribution >= 4 is 16.8 Å². The summed E-state index contributed by atoms with van der Waals surface area (Å²) in [6.45, 7) is 5.24. The van der Waals surface area contributed by atoms with Crippen molar-refractivity contribution in [1.82, 2.24) is 15.2 Å². The minimum absolute atomic E-state index is 0.00518. The Morgan fingerprint density at radius 2 is 2.12 bits per heavy atom. The predicted molar refractivity (Wildman–Crippen MR) is 104 cm³/mol. The van der Waals surface area contributed by atoms with Crippen molar-refractivity contribution in [3.05, 3.63) is 29.5 Å². The van der Waals surface area contributed by atoms with Gasteiger partial charge in [-0.1, -0.05) is 6.42 Å². The van der Waals surface area contributed by atoms with Crippen LogP contribution in [0, 0.1) is 12.8 Å². The number of amides is 1. The van der Waals surface area contributed by atoms with Crippen LogP contribution < -0.4 is 10.1 Å². The van der Waals surface area contributed by atoms with E-state index >= 15 is 0 Å². The molecule has 140 valence electrons. The van der Waals surface area contributed by atoms with Gasteiger partial charge < -0.3 is 19.9 Å². The fourth-order valence-electron chi connectivity index (χ4n) is 4.79. The van der Waals surface area contributed by atoms with Gasteiger partial charge >= 0.3 is 0 Å². The van der Waals surface area contributed by atoms with Crippen molar-refractivity contribution in [2.75, 3.05) is 26.7 Å². The molecule has 2 N–H and O–H groups in total. The van der Waals surface area contributed by atoms with Gasteiger partial charge in [0.1, 0.15) is 11.4 Å². The third-order valence-electron chi connectivity index (χ3n) is 6.25. The number of methoxy groups -OCH3 is 1. The molecule has 5 nitrogen and oxygen atoms in total. The first kappa shape index (κ1) is 17.4. The van der Waals surface area contributed by atoms with E-state index in [4.69, 9.17) is 4.74 Å². The molecule has 1 aromatic carbocycles. The number of H-pyrrole nitrogens is 1. The lowest BCUT2D eigenvalue weighted by atomic mass is 9.83. The molecule has 2 atom stereocenters. The molecular weight excluding hydrogens is 326 g/mol. The number of hydrogen-bond donors (Lipinski definition) is 2. The van der Waals surface area contributed by atoms with Crippen molar-refractivity contribution in [1.29, 1.82) is 0 Å². The van der Waals surface area contributed by atoms with Crippen LogP contribution in [0.3, 0.4) is 0 Å². The average molecular weight is 355 g/mol. The number of nitrogens with zero attached hydrogens (tertiary/aromatic N) is 1. The Morgan fingerprint density at radius 3 is 2.96 bits per heavy atom. The van der Waals surface area contributed by atoms with Crippen LogP contribution in [0.5, 0.6) is 5.75 Å². The fraction of sp³-hybridized carbons (Fsp3) is 0.571. The van der Waals surface area contributed by atoms with Gasteiger partial charge in [0.05, 0.1) is 7.11 Å². The molecule has 0 saturated carbocycles. The molecule has 3 heterocycles. The Bertz CT molecular complexity index is 796. The number of hydrogen-bond acceptors (Lipinski definition) is 3. The van der Waals surface area contributed by atoms with E-state index in [0.29, 0.717) is 17.7 Å². The Labute approximate surface area is 155 Å². The molecule has 2 aromatic rings. The Morgan fingerprint density at radius 1 is 1.27 bits per heavy atom. The monoisotopic (exact) mass is 355 g/mol. The first-order valence-corrected chi connectivity index (χ1v) is 9.86. The summed E-state index contributed by atoms with van der Waals surface area (Å²) in [6, 6.07) is 6.53. The Hall–Kier alpha value is -2.01. The molecule has 1 amide bonds. The second-order valence-electron chi connectivity index (χ2n) is 7.75. The van der Waals surface area contributed by atoms with Crippen LogP contribution in [-0.2, 0) is 0 Å². The fourth-order valence-corrected chi connectivity index (χ4v) is 4.79. The topological polar surface area (TPSA) is 57.4 Å². The third-order valence-corrected chi connectivity index (χ3v) is 6.25. The van der Waals surface area contributed by atoms with Crippen LogP contribution >= 0.6 is 0 Å². The third kappa shape index (κ3) is 3.20. The summed E-state index contributed by atoms with van der Waals surface area (Å²) in [7, 11) is 1.66. The number of fused-ring (bicyclic) bond motifs is 2. The summed E-state index contributed by atoms with van der Waals surface area (Å²) in [5, 5.41) is 4.25. The summed E-state index contributed by atoms with van der Waals surface area (Å²) in [6.07, 6.45) is 6.42. The normalized spacial score (nSPS) is 23.6. The second kappa shape index (κ2) is 7.31. The highest BCUT2D eigenvalue weighted by molar-refractivity contribution is 6.01. The van der Waals surface area contributed by atoms with E-state index in [0.717, 1.165) is 28.8 Å². The number of aromatic amines is 1. The number of nitrogens with one attached hydrogen (secondary N) is 2. The second-order valence-corrected chi connectivity index (χ2v) is 7.75. The van der Waals surface area contributed by atoms with Crippen LogP contribution in [0.25, 0.3) is 10.9 Å². The maximum Gasteiger partial charge on any atom is 0.268 e. The standard InChI is InChI=1S/C21H29N3O2/c1-14-17-12-16(26-2)8-9-18(17)23-20(14)21(25)22-13-15-6-5-11-24-10-4-3-7-19(15)24/h8-9,12,15,19,23H,3-7,10-11,13H2,1-2H3,(H,22,25)/t15-,19-/m0/s1. The summed E-state index contributed by atoms with van der Waals surface area (Å²) < 4.78 is 5.31. The number of rotatable bonds is 4. The molecule has 2 aliphatic rings. The first-order valence-electron chi connectivity index (χ1n) is 9.86. The molecule has 1 aromatic heterocycles. The van der Waals surface area contributed by atoms with Gasteiger partial charge in [0.25, 0.3) is 5.91 Å².